The number of nitrogens with one attached hydrogen (secondary N) is 1. The molecule has 0 saturated heterocycles. The van der Waals surface area contributed by atoms with Gasteiger partial charge in [0.2, 0.25) is 0 Å². The Morgan fingerprint density at radius 3 is 2.84 bits per heavy atom. The number of rotatable bonds is 6. The van der Waals surface area contributed by atoms with Crippen molar-refractivity contribution in [2.24, 2.45) is 5.92 Å². The number of phenols is 1. The van der Waals surface area contributed by atoms with E-state index < -0.39 is 0 Å². The molecule has 2 rings (SSSR count). The Bertz CT molecular complexity index is 520. The summed E-state index contributed by atoms with van der Waals surface area (Å²) in [6, 6.07) is 9.33. The average Bonchev–Trinajstić information content (AvgIpc) is 2.76. The number of hydrogen-bond acceptors (Lipinski definition) is 3. The maximum Gasteiger partial charge on any atom is 0.115 e. The van der Waals surface area contributed by atoms with Crippen molar-refractivity contribution < 1.29 is 5.11 Å². The summed E-state index contributed by atoms with van der Waals surface area (Å²) < 4.78 is 1.98. The molecule has 2 aromatic rings. The summed E-state index contributed by atoms with van der Waals surface area (Å²) in [6.07, 6.45) is 2.02. The fourth-order valence-corrected chi connectivity index (χ4v) is 1.98. The molecule has 0 atom stereocenters. The quantitative estimate of drug-likeness (QED) is 0.838. The number of aromatic nitrogens is 2. The van der Waals surface area contributed by atoms with Crippen LogP contribution in [0, 0.1) is 5.92 Å². The highest BCUT2D eigenvalue weighted by molar-refractivity contribution is 5.26. The molecule has 1 heterocycles. The monoisotopic (exact) mass is 259 g/mol. The molecule has 0 aliphatic carbocycles. The Kier molecular flexibility index (Phi) is 4.58. The molecule has 0 spiro atoms. The summed E-state index contributed by atoms with van der Waals surface area (Å²) in [4.78, 5) is 0. The first-order chi connectivity index (χ1) is 9.13. The molecule has 4 nitrogen and oxygen atoms in total. The molecule has 0 amide bonds. The van der Waals surface area contributed by atoms with Crippen molar-refractivity contribution in [2.45, 2.75) is 33.5 Å². The minimum absolute atomic E-state index is 0.306. The maximum atomic E-state index is 9.37. The summed E-state index contributed by atoms with van der Waals surface area (Å²) >= 11 is 0. The Hall–Kier alpha value is -1.81. The van der Waals surface area contributed by atoms with E-state index in [2.05, 4.69) is 24.3 Å². The van der Waals surface area contributed by atoms with E-state index in [0.29, 0.717) is 11.7 Å². The standard InChI is InChI=1S/C15H21N3O/c1-12(2)11-18-7-6-14(17-18)10-16-9-13-4-3-5-15(19)8-13/h3-8,12,16,19H,9-11H2,1-2H3. The summed E-state index contributed by atoms with van der Waals surface area (Å²) in [5, 5.41) is 17.2. The molecule has 0 radical (unpaired) electrons. The highest BCUT2D eigenvalue weighted by atomic mass is 16.3. The zero-order chi connectivity index (χ0) is 13.7. The van der Waals surface area contributed by atoms with Gasteiger partial charge in [-0.05, 0) is 29.7 Å². The molecule has 0 aliphatic heterocycles. The largest absolute Gasteiger partial charge is 0.508 e. The molecular weight excluding hydrogens is 238 g/mol. The summed E-state index contributed by atoms with van der Waals surface area (Å²) in [5.74, 6) is 0.911. The van der Waals surface area contributed by atoms with Gasteiger partial charge in [0.1, 0.15) is 5.75 Å². The minimum atomic E-state index is 0.306. The molecule has 4 heteroatoms. The van der Waals surface area contributed by atoms with Crippen LogP contribution in [0.3, 0.4) is 0 Å². The van der Waals surface area contributed by atoms with Crippen LogP contribution in [0.4, 0.5) is 0 Å². The van der Waals surface area contributed by atoms with Gasteiger partial charge in [0, 0.05) is 25.8 Å². The Balaban J connectivity index is 1.81. The van der Waals surface area contributed by atoms with Crippen molar-refractivity contribution in [3.05, 3.63) is 47.8 Å². The lowest BCUT2D eigenvalue weighted by Crippen LogP contribution is -2.13. The van der Waals surface area contributed by atoms with Crippen LogP contribution in [-0.2, 0) is 19.6 Å². The number of benzene rings is 1. The van der Waals surface area contributed by atoms with Crippen LogP contribution >= 0.6 is 0 Å². The van der Waals surface area contributed by atoms with Crippen molar-refractivity contribution in [1.82, 2.24) is 15.1 Å². The third kappa shape index (κ3) is 4.41. The summed E-state index contributed by atoms with van der Waals surface area (Å²) in [6.45, 7) is 6.78. The maximum absolute atomic E-state index is 9.37. The fourth-order valence-electron chi connectivity index (χ4n) is 1.98. The van der Waals surface area contributed by atoms with E-state index in [4.69, 9.17) is 0 Å². The number of nitrogens with zero attached hydrogens (tertiary/aromatic N) is 2. The second kappa shape index (κ2) is 6.38. The Labute approximate surface area is 114 Å². The Morgan fingerprint density at radius 2 is 2.11 bits per heavy atom. The van der Waals surface area contributed by atoms with Crippen LogP contribution in [0.25, 0.3) is 0 Å². The van der Waals surface area contributed by atoms with E-state index in [9.17, 15) is 5.11 Å². The number of aromatic hydroxyl groups is 1. The molecule has 2 N–H and O–H groups in total. The lowest BCUT2D eigenvalue weighted by atomic mass is 10.2. The highest BCUT2D eigenvalue weighted by Gasteiger charge is 2.01. The summed E-state index contributed by atoms with van der Waals surface area (Å²) in [7, 11) is 0. The second-order valence-corrected chi connectivity index (χ2v) is 5.20. The highest BCUT2D eigenvalue weighted by Crippen LogP contribution is 2.10. The molecule has 0 unspecified atom stereocenters. The first kappa shape index (κ1) is 13.6. The van der Waals surface area contributed by atoms with Gasteiger partial charge in [-0.25, -0.2) is 0 Å². The molecule has 0 saturated carbocycles. The van der Waals surface area contributed by atoms with E-state index in [1.165, 1.54) is 0 Å². The van der Waals surface area contributed by atoms with E-state index in [0.717, 1.165) is 30.9 Å². The molecule has 0 aliphatic rings. The number of hydrogen-bond donors (Lipinski definition) is 2. The van der Waals surface area contributed by atoms with Gasteiger partial charge in [0.05, 0.1) is 5.69 Å². The van der Waals surface area contributed by atoms with Gasteiger partial charge in [-0.2, -0.15) is 5.10 Å². The van der Waals surface area contributed by atoms with Gasteiger partial charge in [0.25, 0.3) is 0 Å². The van der Waals surface area contributed by atoms with Crippen LogP contribution in [0.2, 0.25) is 0 Å². The van der Waals surface area contributed by atoms with Gasteiger partial charge < -0.3 is 10.4 Å². The molecular formula is C15H21N3O. The van der Waals surface area contributed by atoms with Crippen LogP contribution < -0.4 is 5.32 Å². The molecule has 0 bridgehead atoms. The third-order valence-electron chi connectivity index (χ3n) is 2.79. The van der Waals surface area contributed by atoms with Gasteiger partial charge in [-0.15, -0.1) is 0 Å². The van der Waals surface area contributed by atoms with Gasteiger partial charge in [-0.1, -0.05) is 26.0 Å². The van der Waals surface area contributed by atoms with Gasteiger partial charge >= 0.3 is 0 Å². The normalized spacial score (nSPS) is 11.1. The Morgan fingerprint density at radius 1 is 1.26 bits per heavy atom. The van der Waals surface area contributed by atoms with E-state index in [-0.39, 0.29) is 0 Å². The van der Waals surface area contributed by atoms with E-state index in [1.807, 2.05) is 29.1 Å². The molecule has 0 fully saturated rings. The van der Waals surface area contributed by atoms with Crippen LogP contribution in [0.5, 0.6) is 5.75 Å². The lowest BCUT2D eigenvalue weighted by molar-refractivity contribution is 0.473. The van der Waals surface area contributed by atoms with Crippen molar-refractivity contribution in [3.8, 4) is 5.75 Å². The fraction of sp³-hybridized carbons (Fsp3) is 0.400. The van der Waals surface area contributed by atoms with E-state index >= 15 is 0 Å². The van der Waals surface area contributed by atoms with Crippen molar-refractivity contribution in [1.29, 1.82) is 0 Å². The average molecular weight is 259 g/mol. The zero-order valence-corrected chi connectivity index (χ0v) is 11.5. The SMILES string of the molecule is CC(C)Cn1ccc(CNCc2cccc(O)c2)n1. The zero-order valence-electron chi connectivity index (χ0n) is 11.5. The first-order valence-corrected chi connectivity index (χ1v) is 6.64. The lowest BCUT2D eigenvalue weighted by Gasteiger charge is -2.05. The van der Waals surface area contributed by atoms with E-state index in [1.54, 1.807) is 12.1 Å². The predicted octanol–water partition coefficient (Wildman–Crippen LogP) is 2.53. The van der Waals surface area contributed by atoms with Crippen molar-refractivity contribution >= 4 is 0 Å². The topological polar surface area (TPSA) is 50.1 Å². The van der Waals surface area contributed by atoms with Gasteiger partial charge in [-0.3, -0.25) is 4.68 Å². The molecule has 102 valence electrons. The summed E-state index contributed by atoms with van der Waals surface area (Å²) in [5.41, 5.74) is 2.11. The van der Waals surface area contributed by atoms with Crippen LogP contribution in [0.1, 0.15) is 25.1 Å². The third-order valence-corrected chi connectivity index (χ3v) is 2.79. The number of phenolic OH excluding ortho intramolecular Hbond substituents is 1. The van der Waals surface area contributed by atoms with Gasteiger partial charge in [0.15, 0.2) is 0 Å². The first-order valence-electron chi connectivity index (χ1n) is 6.64. The molecule has 19 heavy (non-hydrogen) atoms. The van der Waals surface area contributed by atoms with Crippen LogP contribution in [-0.4, -0.2) is 14.9 Å². The van der Waals surface area contributed by atoms with Crippen molar-refractivity contribution in [3.63, 3.8) is 0 Å². The molecule has 1 aromatic carbocycles. The van der Waals surface area contributed by atoms with Crippen molar-refractivity contribution in [2.75, 3.05) is 0 Å². The van der Waals surface area contributed by atoms with Crippen LogP contribution in [0.15, 0.2) is 36.5 Å². The predicted molar refractivity (Wildman–Crippen MR) is 75.7 cm³/mol. The molecule has 1 aromatic heterocycles. The minimum Gasteiger partial charge on any atom is -0.508 e. The smallest absolute Gasteiger partial charge is 0.115 e. The second-order valence-electron chi connectivity index (χ2n) is 5.20.